The first kappa shape index (κ1) is 14.1. The van der Waals surface area contributed by atoms with Gasteiger partial charge in [0.1, 0.15) is 6.07 Å². The molecule has 0 bridgehead atoms. The van der Waals surface area contributed by atoms with Gasteiger partial charge < -0.3 is 14.9 Å². The molecule has 2 aromatic rings. The smallest absolute Gasteiger partial charge is 0.102 e. The van der Waals surface area contributed by atoms with E-state index in [0.29, 0.717) is 6.61 Å². The second-order valence-corrected chi connectivity index (χ2v) is 5.64. The Bertz CT molecular complexity index is 670. The highest BCUT2D eigenvalue weighted by Crippen LogP contribution is 2.20. The standard InChI is InChI=1S/C16H20N4O/c1-12(18)16-11-19(6-7-21-16)9-13-10-20-5-3-2-4-15(20)14(13)8-17/h2-5,10,12,16H,6-7,9,11,18H2,1H3. The Hall–Kier alpha value is -1.87. The number of fused-ring (bicyclic) bond motifs is 1. The van der Waals surface area contributed by atoms with Gasteiger partial charge in [-0.05, 0) is 19.1 Å². The molecule has 1 saturated heterocycles. The van der Waals surface area contributed by atoms with Crippen molar-refractivity contribution < 1.29 is 4.74 Å². The number of nitrogens with two attached hydrogens (primary N) is 1. The van der Waals surface area contributed by atoms with Crippen LogP contribution in [0.3, 0.4) is 0 Å². The van der Waals surface area contributed by atoms with Crippen molar-refractivity contribution in [2.75, 3.05) is 19.7 Å². The zero-order valence-electron chi connectivity index (χ0n) is 12.2. The maximum atomic E-state index is 9.45. The number of nitrogens with zero attached hydrogens (tertiary/aromatic N) is 3. The molecule has 0 amide bonds. The van der Waals surface area contributed by atoms with Gasteiger partial charge in [0.25, 0.3) is 0 Å². The van der Waals surface area contributed by atoms with Gasteiger partial charge in [0, 0.05) is 43.6 Å². The summed E-state index contributed by atoms with van der Waals surface area (Å²) in [5, 5.41) is 9.45. The summed E-state index contributed by atoms with van der Waals surface area (Å²) in [6, 6.07) is 8.27. The Labute approximate surface area is 124 Å². The van der Waals surface area contributed by atoms with Crippen LogP contribution in [0, 0.1) is 11.3 Å². The van der Waals surface area contributed by atoms with E-state index in [-0.39, 0.29) is 12.1 Å². The van der Waals surface area contributed by atoms with Gasteiger partial charge in [-0.15, -0.1) is 0 Å². The van der Waals surface area contributed by atoms with Crippen LogP contribution in [0.5, 0.6) is 0 Å². The maximum Gasteiger partial charge on any atom is 0.102 e. The molecule has 5 nitrogen and oxygen atoms in total. The Morgan fingerprint density at radius 1 is 1.52 bits per heavy atom. The Morgan fingerprint density at radius 3 is 3.14 bits per heavy atom. The van der Waals surface area contributed by atoms with E-state index < -0.39 is 0 Å². The molecule has 2 atom stereocenters. The lowest BCUT2D eigenvalue weighted by atomic mass is 10.1. The first-order chi connectivity index (χ1) is 10.2. The van der Waals surface area contributed by atoms with Crippen LogP contribution in [0.15, 0.2) is 30.6 Å². The number of hydrogen-bond donors (Lipinski definition) is 1. The summed E-state index contributed by atoms with van der Waals surface area (Å²) in [6.45, 7) is 5.12. The lowest BCUT2D eigenvalue weighted by Gasteiger charge is -2.34. The number of hydrogen-bond acceptors (Lipinski definition) is 4. The molecule has 110 valence electrons. The third-order valence-corrected chi connectivity index (χ3v) is 4.03. The highest BCUT2D eigenvalue weighted by Gasteiger charge is 2.24. The molecule has 0 aliphatic carbocycles. The van der Waals surface area contributed by atoms with E-state index in [4.69, 9.17) is 10.5 Å². The minimum atomic E-state index is 0.0244. The van der Waals surface area contributed by atoms with Crippen molar-refractivity contribution in [3.8, 4) is 6.07 Å². The van der Waals surface area contributed by atoms with E-state index in [2.05, 4.69) is 11.0 Å². The van der Waals surface area contributed by atoms with Crippen molar-refractivity contribution >= 4 is 5.52 Å². The van der Waals surface area contributed by atoms with Crippen molar-refractivity contribution in [2.24, 2.45) is 5.73 Å². The summed E-state index contributed by atoms with van der Waals surface area (Å²) in [7, 11) is 0. The topological polar surface area (TPSA) is 66.7 Å². The average molecular weight is 284 g/mol. The fraction of sp³-hybridized carbons (Fsp3) is 0.438. The molecular weight excluding hydrogens is 264 g/mol. The number of nitriles is 1. The van der Waals surface area contributed by atoms with E-state index in [1.165, 1.54) is 0 Å². The largest absolute Gasteiger partial charge is 0.374 e. The third kappa shape index (κ3) is 2.79. The number of pyridine rings is 1. The molecule has 0 aromatic carbocycles. The van der Waals surface area contributed by atoms with Gasteiger partial charge in [-0.2, -0.15) is 5.26 Å². The Morgan fingerprint density at radius 2 is 2.38 bits per heavy atom. The van der Waals surface area contributed by atoms with Crippen molar-refractivity contribution in [1.82, 2.24) is 9.30 Å². The summed E-state index contributed by atoms with van der Waals surface area (Å²) < 4.78 is 7.70. The fourth-order valence-corrected chi connectivity index (χ4v) is 2.86. The highest BCUT2D eigenvalue weighted by atomic mass is 16.5. The van der Waals surface area contributed by atoms with Crippen LogP contribution in [0.4, 0.5) is 0 Å². The summed E-state index contributed by atoms with van der Waals surface area (Å²) >= 11 is 0. The van der Waals surface area contributed by atoms with E-state index >= 15 is 0 Å². The molecule has 5 heteroatoms. The van der Waals surface area contributed by atoms with Crippen LogP contribution in [-0.4, -0.2) is 41.1 Å². The molecule has 0 spiro atoms. The van der Waals surface area contributed by atoms with Gasteiger partial charge in [0.05, 0.1) is 23.8 Å². The third-order valence-electron chi connectivity index (χ3n) is 4.03. The second kappa shape index (κ2) is 5.86. The summed E-state index contributed by atoms with van der Waals surface area (Å²) in [6.07, 6.45) is 4.09. The monoisotopic (exact) mass is 284 g/mol. The van der Waals surface area contributed by atoms with Crippen LogP contribution < -0.4 is 5.73 Å². The minimum Gasteiger partial charge on any atom is -0.374 e. The SMILES string of the molecule is CC(N)C1CN(Cc2cn3ccccc3c2C#N)CCO1. The minimum absolute atomic E-state index is 0.0244. The first-order valence-electron chi connectivity index (χ1n) is 7.27. The molecule has 3 heterocycles. The zero-order valence-corrected chi connectivity index (χ0v) is 12.2. The predicted molar refractivity (Wildman–Crippen MR) is 80.8 cm³/mol. The summed E-state index contributed by atoms with van der Waals surface area (Å²) in [4.78, 5) is 2.31. The molecule has 0 saturated carbocycles. The van der Waals surface area contributed by atoms with Gasteiger partial charge in [0.15, 0.2) is 0 Å². The predicted octanol–water partition coefficient (Wildman–Crippen LogP) is 1.36. The number of rotatable bonds is 3. The van der Waals surface area contributed by atoms with Crippen molar-refractivity contribution in [1.29, 1.82) is 5.26 Å². The molecule has 1 fully saturated rings. The van der Waals surface area contributed by atoms with Crippen LogP contribution in [0.2, 0.25) is 0 Å². The van der Waals surface area contributed by atoms with Gasteiger partial charge >= 0.3 is 0 Å². The molecule has 2 aromatic heterocycles. The number of morpholine rings is 1. The molecule has 21 heavy (non-hydrogen) atoms. The number of ether oxygens (including phenoxy) is 1. The van der Waals surface area contributed by atoms with Gasteiger partial charge in [0.2, 0.25) is 0 Å². The maximum absolute atomic E-state index is 9.45. The quantitative estimate of drug-likeness (QED) is 0.924. The highest BCUT2D eigenvalue weighted by molar-refractivity contribution is 5.65. The average Bonchev–Trinajstić information content (AvgIpc) is 2.84. The summed E-state index contributed by atoms with van der Waals surface area (Å²) in [5.41, 5.74) is 8.72. The fourth-order valence-electron chi connectivity index (χ4n) is 2.86. The molecule has 2 unspecified atom stereocenters. The van der Waals surface area contributed by atoms with Gasteiger partial charge in [-0.3, -0.25) is 4.90 Å². The van der Waals surface area contributed by atoms with Crippen LogP contribution in [-0.2, 0) is 11.3 Å². The Balaban J connectivity index is 1.83. The lowest BCUT2D eigenvalue weighted by molar-refractivity contribution is -0.0403. The molecule has 0 radical (unpaired) electrons. The van der Waals surface area contributed by atoms with E-state index in [0.717, 1.165) is 36.3 Å². The molecule has 1 aliphatic rings. The number of aromatic nitrogens is 1. The van der Waals surface area contributed by atoms with Crippen LogP contribution in [0.25, 0.3) is 5.52 Å². The van der Waals surface area contributed by atoms with Gasteiger partial charge in [-0.25, -0.2) is 0 Å². The van der Waals surface area contributed by atoms with Crippen LogP contribution >= 0.6 is 0 Å². The molecule has 2 N–H and O–H groups in total. The molecular formula is C16H20N4O. The Kier molecular flexibility index (Phi) is 3.93. The van der Waals surface area contributed by atoms with E-state index in [9.17, 15) is 5.26 Å². The van der Waals surface area contributed by atoms with Crippen molar-refractivity contribution in [2.45, 2.75) is 25.6 Å². The first-order valence-corrected chi connectivity index (χ1v) is 7.27. The second-order valence-electron chi connectivity index (χ2n) is 5.64. The molecule has 1 aliphatic heterocycles. The van der Waals surface area contributed by atoms with Crippen molar-refractivity contribution in [3.63, 3.8) is 0 Å². The lowest BCUT2D eigenvalue weighted by Crippen LogP contribution is -2.49. The zero-order chi connectivity index (χ0) is 14.8. The van der Waals surface area contributed by atoms with E-state index in [1.807, 2.05) is 41.9 Å². The van der Waals surface area contributed by atoms with Gasteiger partial charge in [-0.1, -0.05) is 6.07 Å². The van der Waals surface area contributed by atoms with Crippen LogP contribution in [0.1, 0.15) is 18.1 Å². The van der Waals surface area contributed by atoms with E-state index in [1.54, 1.807) is 0 Å². The van der Waals surface area contributed by atoms with Crippen molar-refractivity contribution in [3.05, 3.63) is 41.7 Å². The molecule has 3 rings (SSSR count). The summed E-state index contributed by atoms with van der Waals surface area (Å²) in [5.74, 6) is 0. The normalized spacial score (nSPS) is 21.3.